The zero-order valence-electron chi connectivity index (χ0n) is 18.3. The van der Waals surface area contributed by atoms with Crippen LogP contribution in [0.2, 0.25) is 0 Å². The van der Waals surface area contributed by atoms with Crippen molar-refractivity contribution in [2.45, 2.75) is 40.2 Å². The Balaban J connectivity index is 0.000000785. The van der Waals surface area contributed by atoms with Gasteiger partial charge in [0, 0.05) is 18.7 Å². The maximum Gasteiger partial charge on any atom is 0.267 e. The van der Waals surface area contributed by atoms with Crippen molar-refractivity contribution in [2.24, 2.45) is 0 Å². The van der Waals surface area contributed by atoms with Crippen molar-refractivity contribution >= 4 is 23.1 Å². The Morgan fingerprint density at radius 1 is 1.13 bits per heavy atom. The van der Waals surface area contributed by atoms with Crippen molar-refractivity contribution in [2.75, 3.05) is 0 Å². The molecule has 0 saturated heterocycles. The van der Waals surface area contributed by atoms with Crippen LogP contribution in [0.5, 0.6) is 0 Å². The zero-order valence-corrected chi connectivity index (χ0v) is 18.3. The molecule has 1 amide bonds. The molecule has 6 nitrogen and oxygen atoms in total. The summed E-state index contributed by atoms with van der Waals surface area (Å²) in [4.78, 5) is 20.5. The average Bonchev–Trinajstić information content (AvgIpc) is 3.14. The van der Waals surface area contributed by atoms with E-state index in [0.29, 0.717) is 6.54 Å². The number of hydroxylamine groups is 1. The molecular formula is C25H30N4O2. The summed E-state index contributed by atoms with van der Waals surface area (Å²) in [6.07, 6.45) is 14.4. The van der Waals surface area contributed by atoms with Crippen LogP contribution in [0.3, 0.4) is 0 Å². The van der Waals surface area contributed by atoms with Crippen LogP contribution in [0.4, 0.5) is 0 Å². The van der Waals surface area contributed by atoms with Crippen LogP contribution < -0.4 is 5.48 Å². The third-order valence-corrected chi connectivity index (χ3v) is 4.51. The van der Waals surface area contributed by atoms with Crippen LogP contribution in [0.1, 0.15) is 44.1 Å². The molecule has 0 unspecified atom stereocenters. The summed E-state index contributed by atoms with van der Waals surface area (Å²) in [5.41, 5.74) is 5.11. The van der Waals surface area contributed by atoms with Gasteiger partial charge in [-0.05, 0) is 50.5 Å². The Bertz CT molecular complexity index is 1050. The quantitative estimate of drug-likeness (QED) is 0.242. The minimum Gasteiger partial charge on any atom is -0.308 e. The predicted molar refractivity (Wildman–Crippen MR) is 126 cm³/mol. The SMILES string of the molecule is C/C=C/CCc1nc2cc(/C=C/C(=O)NO)cnc2n1Cc1ccccc1.C/C=C\C. The third kappa shape index (κ3) is 7.35. The van der Waals surface area contributed by atoms with E-state index in [1.165, 1.54) is 11.6 Å². The molecule has 3 aromatic rings. The zero-order chi connectivity index (χ0) is 22.5. The van der Waals surface area contributed by atoms with E-state index in [0.717, 1.165) is 35.4 Å². The molecule has 162 valence electrons. The van der Waals surface area contributed by atoms with Crippen LogP contribution in [0.15, 0.2) is 73.0 Å². The lowest BCUT2D eigenvalue weighted by atomic mass is 10.2. The smallest absolute Gasteiger partial charge is 0.267 e. The molecule has 2 heterocycles. The van der Waals surface area contributed by atoms with E-state index >= 15 is 0 Å². The number of amides is 1. The summed E-state index contributed by atoms with van der Waals surface area (Å²) in [6, 6.07) is 12.1. The van der Waals surface area contributed by atoms with Gasteiger partial charge in [0.25, 0.3) is 5.91 Å². The molecule has 0 aliphatic rings. The highest BCUT2D eigenvalue weighted by atomic mass is 16.5. The van der Waals surface area contributed by atoms with Crippen LogP contribution in [-0.4, -0.2) is 25.6 Å². The highest BCUT2D eigenvalue weighted by molar-refractivity contribution is 5.91. The van der Waals surface area contributed by atoms with Crippen LogP contribution in [0.25, 0.3) is 17.2 Å². The molecule has 31 heavy (non-hydrogen) atoms. The summed E-state index contributed by atoms with van der Waals surface area (Å²) < 4.78 is 2.14. The molecule has 2 N–H and O–H groups in total. The van der Waals surface area contributed by atoms with E-state index in [2.05, 4.69) is 27.8 Å². The third-order valence-electron chi connectivity index (χ3n) is 4.51. The molecule has 6 heteroatoms. The van der Waals surface area contributed by atoms with Gasteiger partial charge in [-0.25, -0.2) is 15.4 Å². The number of carbonyl (C=O) groups excluding carboxylic acids is 1. The van der Waals surface area contributed by atoms with Crippen molar-refractivity contribution in [3.05, 3.63) is 89.9 Å². The van der Waals surface area contributed by atoms with Gasteiger partial charge < -0.3 is 4.57 Å². The maximum atomic E-state index is 11.2. The lowest BCUT2D eigenvalue weighted by Gasteiger charge is -2.08. The number of benzene rings is 1. The fraction of sp³-hybridized carbons (Fsp3) is 0.240. The molecule has 0 aliphatic carbocycles. The molecule has 3 rings (SSSR count). The number of aryl methyl sites for hydroxylation is 1. The largest absolute Gasteiger partial charge is 0.308 e. The van der Waals surface area contributed by atoms with Gasteiger partial charge in [0.1, 0.15) is 11.3 Å². The molecule has 2 aromatic heterocycles. The number of fused-ring (bicyclic) bond motifs is 1. The molecule has 0 radical (unpaired) electrons. The number of hydrogen-bond acceptors (Lipinski definition) is 4. The highest BCUT2D eigenvalue weighted by Gasteiger charge is 2.12. The second kappa shape index (κ2) is 12.9. The molecule has 0 bridgehead atoms. The average molecular weight is 419 g/mol. The summed E-state index contributed by atoms with van der Waals surface area (Å²) in [6.45, 7) is 6.72. The molecule has 0 aliphatic heterocycles. The van der Waals surface area contributed by atoms with Gasteiger partial charge in [0.2, 0.25) is 0 Å². The summed E-state index contributed by atoms with van der Waals surface area (Å²) in [5.74, 6) is 0.394. The first-order chi connectivity index (χ1) is 15.1. The Labute approximate surface area is 183 Å². The van der Waals surface area contributed by atoms with E-state index in [-0.39, 0.29) is 0 Å². The standard InChI is InChI=1S/C21H22N4O2.C4H8/c1-2-3-5-10-19-23-18-13-17(11-12-20(26)24-27)14-22-21(18)25(19)15-16-8-6-4-7-9-16;1-3-4-2/h2-4,6-9,11-14,27H,5,10,15H2,1H3,(H,24,26);3-4H,1-2H3/b3-2+,12-11+;4-3-. The van der Waals surface area contributed by atoms with E-state index in [4.69, 9.17) is 10.2 Å². The topological polar surface area (TPSA) is 80.0 Å². The molecule has 0 spiro atoms. The van der Waals surface area contributed by atoms with Crippen LogP contribution in [-0.2, 0) is 17.8 Å². The summed E-state index contributed by atoms with van der Waals surface area (Å²) >= 11 is 0. The number of allylic oxidation sites excluding steroid dienone is 4. The number of hydrogen-bond donors (Lipinski definition) is 2. The van der Waals surface area contributed by atoms with E-state index in [1.54, 1.807) is 17.8 Å². The maximum absolute atomic E-state index is 11.2. The van der Waals surface area contributed by atoms with Crippen molar-refractivity contribution in [3.63, 3.8) is 0 Å². The first kappa shape index (κ1) is 23.8. The molecule has 0 atom stereocenters. The van der Waals surface area contributed by atoms with E-state index in [9.17, 15) is 4.79 Å². The number of imidazole rings is 1. The lowest BCUT2D eigenvalue weighted by molar-refractivity contribution is -0.124. The predicted octanol–water partition coefficient (Wildman–Crippen LogP) is 5.09. The summed E-state index contributed by atoms with van der Waals surface area (Å²) in [5, 5.41) is 8.58. The van der Waals surface area contributed by atoms with Gasteiger partial charge >= 0.3 is 0 Å². The van der Waals surface area contributed by atoms with Gasteiger partial charge in [0.05, 0.1) is 6.54 Å². The highest BCUT2D eigenvalue weighted by Crippen LogP contribution is 2.19. The van der Waals surface area contributed by atoms with E-state index < -0.39 is 5.91 Å². The van der Waals surface area contributed by atoms with Gasteiger partial charge in [-0.1, -0.05) is 54.6 Å². The monoisotopic (exact) mass is 418 g/mol. The van der Waals surface area contributed by atoms with Gasteiger partial charge in [-0.2, -0.15) is 0 Å². The fourth-order valence-electron chi connectivity index (χ4n) is 2.88. The Hall–Kier alpha value is -3.51. The minimum atomic E-state index is -0.586. The van der Waals surface area contributed by atoms with Crippen LogP contribution in [0, 0.1) is 0 Å². The molecular weight excluding hydrogens is 388 g/mol. The van der Waals surface area contributed by atoms with Crippen molar-refractivity contribution < 1.29 is 10.0 Å². The number of carbonyl (C=O) groups is 1. The van der Waals surface area contributed by atoms with Gasteiger partial charge in [-0.3, -0.25) is 10.0 Å². The first-order valence-electron chi connectivity index (χ1n) is 10.3. The second-order valence-electron chi connectivity index (χ2n) is 6.79. The number of rotatable bonds is 7. The minimum absolute atomic E-state index is 0.586. The number of nitrogens with zero attached hydrogens (tertiary/aromatic N) is 3. The Morgan fingerprint density at radius 3 is 2.52 bits per heavy atom. The van der Waals surface area contributed by atoms with Crippen molar-refractivity contribution in [3.8, 4) is 0 Å². The molecule has 1 aromatic carbocycles. The summed E-state index contributed by atoms with van der Waals surface area (Å²) in [7, 11) is 0. The number of nitrogens with one attached hydrogen (secondary N) is 1. The lowest BCUT2D eigenvalue weighted by Crippen LogP contribution is -2.14. The Morgan fingerprint density at radius 2 is 1.87 bits per heavy atom. The fourth-order valence-corrected chi connectivity index (χ4v) is 2.88. The number of aromatic nitrogens is 3. The van der Waals surface area contributed by atoms with Crippen LogP contribution >= 0.6 is 0 Å². The van der Waals surface area contributed by atoms with Crippen molar-refractivity contribution in [1.29, 1.82) is 0 Å². The van der Waals surface area contributed by atoms with Gasteiger partial charge in [0.15, 0.2) is 5.65 Å². The molecule has 0 fully saturated rings. The molecule has 0 saturated carbocycles. The van der Waals surface area contributed by atoms with Crippen molar-refractivity contribution in [1.82, 2.24) is 20.0 Å². The second-order valence-corrected chi connectivity index (χ2v) is 6.79. The van der Waals surface area contributed by atoms with Gasteiger partial charge in [-0.15, -0.1) is 0 Å². The van der Waals surface area contributed by atoms with E-state index in [1.807, 2.05) is 63.3 Å². The normalized spacial score (nSPS) is 11.4. The number of pyridine rings is 1. The Kier molecular flexibility index (Phi) is 9.91. The first-order valence-corrected chi connectivity index (χ1v) is 10.3.